The van der Waals surface area contributed by atoms with Crippen molar-refractivity contribution in [2.45, 2.75) is 31.4 Å². The molecule has 0 radical (unpaired) electrons. The molecule has 0 fully saturated rings. The summed E-state index contributed by atoms with van der Waals surface area (Å²) in [5, 5.41) is 0.00930. The molecule has 2 nitrogen and oxygen atoms in total. The van der Waals surface area contributed by atoms with Crippen molar-refractivity contribution in [2.75, 3.05) is 5.73 Å². The van der Waals surface area contributed by atoms with Gasteiger partial charge in [-0.3, -0.25) is 0 Å². The molecule has 2 rings (SSSR count). The maximum absolute atomic E-state index is 12.6. The lowest BCUT2D eigenvalue weighted by Gasteiger charge is -2.17. The number of benzene rings is 2. The molecular weight excluding hydrogens is 323 g/mol. The molecule has 124 valence electrons. The van der Waals surface area contributed by atoms with E-state index in [0.29, 0.717) is 16.8 Å². The zero-order chi connectivity index (χ0) is 17.0. The average molecular weight is 341 g/mol. The molecule has 1 atom stereocenters. The summed E-state index contributed by atoms with van der Waals surface area (Å²) >= 11 is 4.54. The highest BCUT2D eigenvalue weighted by Gasteiger charge is 2.32. The number of hydrogen-bond acceptors (Lipinski definition) is 3. The van der Waals surface area contributed by atoms with Gasteiger partial charge in [0.15, 0.2) is 0 Å². The Morgan fingerprint density at radius 3 is 2.48 bits per heavy atom. The minimum absolute atomic E-state index is 0.00930. The first-order valence-electron chi connectivity index (χ1n) is 7.24. The van der Waals surface area contributed by atoms with Crippen molar-refractivity contribution < 1.29 is 17.9 Å². The summed E-state index contributed by atoms with van der Waals surface area (Å²) in [6, 6.07) is 11.3. The van der Waals surface area contributed by atoms with Crippen molar-refractivity contribution in [3.8, 4) is 16.9 Å². The van der Waals surface area contributed by atoms with Gasteiger partial charge in [-0.15, -0.1) is 13.2 Å². The molecule has 0 heterocycles. The van der Waals surface area contributed by atoms with Gasteiger partial charge in [0.1, 0.15) is 5.75 Å². The van der Waals surface area contributed by atoms with Crippen LogP contribution < -0.4 is 10.5 Å². The van der Waals surface area contributed by atoms with Gasteiger partial charge in [-0.1, -0.05) is 37.6 Å². The average Bonchev–Trinajstić information content (AvgIpc) is 2.47. The number of alkyl halides is 3. The number of thiol groups is 1. The van der Waals surface area contributed by atoms with E-state index in [1.165, 1.54) is 12.1 Å². The van der Waals surface area contributed by atoms with Crippen LogP contribution in [-0.4, -0.2) is 6.36 Å². The number of para-hydroxylation sites is 1. The molecule has 6 heteroatoms. The van der Waals surface area contributed by atoms with Crippen LogP contribution in [-0.2, 0) is 0 Å². The van der Waals surface area contributed by atoms with Crippen LogP contribution in [0.25, 0.3) is 11.1 Å². The van der Waals surface area contributed by atoms with Crippen LogP contribution in [0.3, 0.4) is 0 Å². The molecule has 0 bridgehead atoms. The van der Waals surface area contributed by atoms with E-state index in [-0.39, 0.29) is 11.0 Å². The van der Waals surface area contributed by atoms with Crippen molar-refractivity contribution in [2.24, 2.45) is 0 Å². The van der Waals surface area contributed by atoms with Crippen LogP contribution in [0.1, 0.15) is 30.6 Å². The number of nitrogens with two attached hydrogens (primary N) is 1. The Morgan fingerprint density at radius 2 is 1.83 bits per heavy atom. The zero-order valence-corrected chi connectivity index (χ0v) is 13.5. The van der Waals surface area contributed by atoms with Crippen LogP contribution >= 0.6 is 12.6 Å². The van der Waals surface area contributed by atoms with Gasteiger partial charge in [0.05, 0.1) is 0 Å². The number of anilines is 1. The molecule has 0 aliphatic rings. The van der Waals surface area contributed by atoms with Crippen molar-refractivity contribution in [3.63, 3.8) is 0 Å². The van der Waals surface area contributed by atoms with Crippen LogP contribution in [0.15, 0.2) is 42.5 Å². The van der Waals surface area contributed by atoms with Gasteiger partial charge in [-0.2, -0.15) is 12.6 Å². The third-order valence-electron chi connectivity index (χ3n) is 3.43. The molecule has 0 aromatic heterocycles. The van der Waals surface area contributed by atoms with Crippen LogP contribution in [0.5, 0.6) is 5.75 Å². The van der Waals surface area contributed by atoms with Gasteiger partial charge < -0.3 is 10.5 Å². The van der Waals surface area contributed by atoms with Gasteiger partial charge in [-0.05, 0) is 30.2 Å². The Kier molecular flexibility index (Phi) is 5.46. The third-order valence-corrected chi connectivity index (χ3v) is 3.98. The number of halogens is 3. The molecule has 2 aromatic rings. The fourth-order valence-corrected chi connectivity index (χ4v) is 2.78. The fraction of sp³-hybridized carbons (Fsp3) is 0.294. The van der Waals surface area contributed by atoms with E-state index in [1.807, 2.05) is 13.0 Å². The highest BCUT2D eigenvalue weighted by molar-refractivity contribution is 7.80. The van der Waals surface area contributed by atoms with Gasteiger partial charge in [0, 0.05) is 22.1 Å². The summed E-state index contributed by atoms with van der Waals surface area (Å²) < 4.78 is 41.9. The van der Waals surface area contributed by atoms with Crippen molar-refractivity contribution in [1.82, 2.24) is 0 Å². The SMILES string of the molecule is CCCC(S)c1ccc(N)c(-c2ccccc2OC(F)(F)F)c1. The first kappa shape index (κ1) is 17.5. The molecule has 0 saturated heterocycles. The fourth-order valence-electron chi connectivity index (χ4n) is 2.36. The summed E-state index contributed by atoms with van der Waals surface area (Å²) in [4.78, 5) is 0. The van der Waals surface area contributed by atoms with Crippen LogP contribution in [0.4, 0.5) is 18.9 Å². The van der Waals surface area contributed by atoms with E-state index in [4.69, 9.17) is 5.73 Å². The molecule has 0 spiro atoms. The largest absolute Gasteiger partial charge is 0.573 e. The summed E-state index contributed by atoms with van der Waals surface area (Å²) in [6.45, 7) is 2.05. The van der Waals surface area contributed by atoms with E-state index in [2.05, 4.69) is 17.4 Å². The first-order chi connectivity index (χ1) is 10.8. The predicted molar refractivity (Wildman–Crippen MR) is 89.6 cm³/mol. The van der Waals surface area contributed by atoms with Gasteiger partial charge in [0.2, 0.25) is 0 Å². The molecule has 1 unspecified atom stereocenters. The normalized spacial score (nSPS) is 12.9. The highest BCUT2D eigenvalue weighted by atomic mass is 32.1. The minimum atomic E-state index is -4.75. The van der Waals surface area contributed by atoms with E-state index in [1.54, 1.807) is 24.3 Å². The van der Waals surface area contributed by atoms with E-state index in [0.717, 1.165) is 18.4 Å². The molecule has 23 heavy (non-hydrogen) atoms. The zero-order valence-electron chi connectivity index (χ0n) is 12.6. The van der Waals surface area contributed by atoms with Crippen LogP contribution in [0.2, 0.25) is 0 Å². The number of rotatable bonds is 5. The quantitative estimate of drug-likeness (QED) is 0.548. The molecular formula is C17H18F3NOS. The topological polar surface area (TPSA) is 35.2 Å². The Labute approximate surface area is 138 Å². The van der Waals surface area contributed by atoms with Crippen molar-refractivity contribution >= 4 is 18.3 Å². The summed E-state index contributed by atoms with van der Waals surface area (Å²) in [7, 11) is 0. The lowest BCUT2D eigenvalue weighted by Crippen LogP contribution is -2.17. The highest BCUT2D eigenvalue weighted by Crippen LogP contribution is 2.38. The van der Waals surface area contributed by atoms with Gasteiger partial charge >= 0.3 is 6.36 Å². The standard InChI is InChI=1S/C17H18F3NOS/c1-2-5-16(23)11-8-9-14(21)13(10-11)12-6-3-4-7-15(12)22-17(18,19)20/h3-4,6-10,16,23H,2,5,21H2,1H3. The van der Waals surface area contributed by atoms with Crippen molar-refractivity contribution in [3.05, 3.63) is 48.0 Å². The van der Waals surface area contributed by atoms with Gasteiger partial charge in [0.25, 0.3) is 0 Å². The maximum Gasteiger partial charge on any atom is 0.573 e. The second-order valence-electron chi connectivity index (χ2n) is 5.20. The number of ether oxygens (including phenoxy) is 1. The second kappa shape index (κ2) is 7.17. The summed E-state index contributed by atoms with van der Waals surface area (Å²) in [6.07, 6.45) is -2.93. The van der Waals surface area contributed by atoms with E-state index < -0.39 is 6.36 Å². The van der Waals surface area contributed by atoms with Crippen LogP contribution in [0, 0.1) is 0 Å². The van der Waals surface area contributed by atoms with E-state index >= 15 is 0 Å². The first-order valence-corrected chi connectivity index (χ1v) is 7.76. The van der Waals surface area contributed by atoms with E-state index in [9.17, 15) is 13.2 Å². The Morgan fingerprint density at radius 1 is 1.13 bits per heavy atom. The Bertz CT molecular complexity index is 673. The monoisotopic (exact) mass is 341 g/mol. The third kappa shape index (κ3) is 4.58. The summed E-state index contributed by atoms with van der Waals surface area (Å²) in [5.74, 6) is -0.268. The molecule has 0 amide bonds. The second-order valence-corrected chi connectivity index (χ2v) is 5.82. The lowest BCUT2D eigenvalue weighted by molar-refractivity contribution is -0.274. The molecule has 0 saturated carbocycles. The molecule has 0 aliphatic carbocycles. The lowest BCUT2D eigenvalue weighted by atomic mass is 9.98. The van der Waals surface area contributed by atoms with Gasteiger partial charge in [-0.25, -0.2) is 0 Å². The van der Waals surface area contributed by atoms with Crippen molar-refractivity contribution in [1.29, 1.82) is 0 Å². The summed E-state index contributed by atoms with van der Waals surface area (Å²) in [5.41, 5.74) is 8.10. The Balaban J connectivity index is 2.48. The molecule has 2 N–H and O–H groups in total. The molecule has 2 aromatic carbocycles. The minimum Gasteiger partial charge on any atom is -0.405 e. The maximum atomic E-state index is 12.6. The smallest absolute Gasteiger partial charge is 0.405 e. The Hall–Kier alpha value is -1.82. The number of hydrogen-bond donors (Lipinski definition) is 2. The predicted octanol–water partition coefficient (Wildman–Crippen LogP) is 5.61. The molecule has 0 aliphatic heterocycles. The number of nitrogen functional groups attached to an aromatic ring is 1.